The summed E-state index contributed by atoms with van der Waals surface area (Å²) in [6, 6.07) is 17.4. The van der Waals surface area contributed by atoms with Crippen LogP contribution in [0.1, 0.15) is 22.8 Å². The predicted octanol–water partition coefficient (Wildman–Crippen LogP) is 3.62. The molecule has 0 bridgehead atoms. The first kappa shape index (κ1) is 24.1. The Morgan fingerprint density at radius 3 is 2.23 bits per heavy atom. The van der Waals surface area contributed by atoms with Crippen LogP contribution < -0.4 is 19.5 Å². The topological polar surface area (TPSA) is 120 Å². The summed E-state index contributed by atoms with van der Waals surface area (Å²) in [4.78, 5) is 24.3. The molecule has 9 nitrogen and oxygen atoms in total. The van der Waals surface area contributed by atoms with E-state index < -0.39 is 28.5 Å². The van der Waals surface area contributed by atoms with Gasteiger partial charge in [0.25, 0.3) is 15.9 Å². The van der Waals surface area contributed by atoms with Gasteiger partial charge >= 0.3 is 5.97 Å². The van der Waals surface area contributed by atoms with Gasteiger partial charge < -0.3 is 19.5 Å². The molecule has 182 valence electrons. The molecule has 0 aliphatic carbocycles. The fourth-order valence-corrected chi connectivity index (χ4v) is 4.39. The van der Waals surface area contributed by atoms with E-state index in [0.717, 1.165) is 12.0 Å². The molecule has 10 heteroatoms. The van der Waals surface area contributed by atoms with Crippen LogP contribution in [0, 0.1) is 0 Å². The highest BCUT2D eigenvalue weighted by molar-refractivity contribution is 7.92. The van der Waals surface area contributed by atoms with Crippen molar-refractivity contribution in [1.29, 1.82) is 0 Å². The van der Waals surface area contributed by atoms with Crippen LogP contribution in [0.3, 0.4) is 0 Å². The number of esters is 1. The smallest absolute Gasteiger partial charge is 0.338 e. The van der Waals surface area contributed by atoms with Crippen molar-refractivity contribution in [3.8, 4) is 11.5 Å². The number of sulfonamides is 1. The van der Waals surface area contributed by atoms with Crippen molar-refractivity contribution in [2.45, 2.75) is 18.2 Å². The van der Waals surface area contributed by atoms with E-state index in [-0.39, 0.29) is 16.1 Å². The molecule has 3 aromatic rings. The second-order valence-electron chi connectivity index (χ2n) is 7.66. The van der Waals surface area contributed by atoms with E-state index in [9.17, 15) is 18.0 Å². The molecular weight excluding hydrogens is 472 g/mol. The van der Waals surface area contributed by atoms with Crippen molar-refractivity contribution in [1.82, 2.24) is 0 Å². The predicted molar refractivity (Wildman–Crippen MR) is 129 cm³/mol. The van der Waals surface area contributed by atoms with Crippen LogP contribution in [0.25, 0.3) is 0 Å². The second kappa shape index (κ2) is 10.5. The number of nitrogens with one attached hydrogen (secondary N) is 2. The van der Waals surface area contributed by atoms with Crippen LogP contribution in [-0.2, 0) is 26.0 Å². The molecule has 0 saturated heterocycles. The number of hydrogen-bond acceptors (Lipinski definition) is 7. The summed E-state index contributed by atoms with van der Waals surface area (Å²) in [5.41, 5.74) is 2.18. The Hall–Kier alpha value is -4.05. The first-order chi connectivity index (χ1) is 16.8. The van der Waals surface area contributed by atoms with E-state index in [1.807, 2.05) is 19.1 Å². The molecule has 35 heavy (non-hydrogen) atoms. The number of amides is 1. The third-order valence-electron chi connectivity index (χ3n) is 5.18. The molecule has 0 unspecified atom stereocenters. The highest BCUT2D eigenvalue weighted by Gasteiger charge is 2.20. The highest BCUT2D eigenvalue weighted by Crippen LogP contribution is 2.32. The molecule has 1 aliphatic heterocycles. The van der Waals surface area contributed by atoms with Gasteiger partial charge in [-0.2, -0.15) is 0 Å². The van der Waals surface area contributed by atoms with Crippen molar-refractivity contribution in [3.63, 3.8) is 0 Å². The van der Waals surface area contributed by atoms with Gasteiger partial charge in [0.05, 0.1) is 10.5 Å². The number of carbonyl (C=O) groups excluding carboxylic acids is 2. The van der Waals surface area contributed by atoms with E-state index in [1.165, 1.54) is 36.4 Å². The molecule has 1 heterocycles. The second-order valence-corrected chi connectivity index (χ2v) is 9.35. The van der Waals surface area contributed by atoms with Gasteiger partial charge in [0, 0.05) is 17.4 Å². The summed E-state index contributed by atoms with van der Waals surface area (Å²) >= 11 is 0. The fraction of sp³-hybridized carbons (Fsp3) is 0.200. The number of rotatable bonds is 8. The van der Waals surface area contributed by atoms with Gasteiger partial charge in [0.1, 0.15) is 13.2 Å². The number of hydrogen-bond donors (Lipinski definition) is 2. The molecule has 3 aromatic carbocycles. The summed E-state index contributed by atoms with van der Waals surface area (Å²) in [5, 5.41) is 2.66. The first-order valence-electron chi connectivity index (χ1n) is 10.9. The normalized spacial score (nSPS) is 12.5. The zero-order valence-electron chi connectivity index (χ0n) is 18.9. The lowest BCUT2D eigenvalue weighted by Crippen LogP contribution is -2.21. The van der Waals surface area contributed by atoms with Crippen molar-refractivity contribution >= 4 is 33.3 Å². The summed E-state index contributed by atoms with van der Waals surface area (Å²) in [6.45, 7) is 2.33. The summed E-state index contributed by atoms with van der Waals surface area (Å²) < 4.78 is 43.8. The molecule has 1 aliphatic rings. The van der Waals surface area contributed by atoms with Crippen LogP contribution in [0.2, 0.25) is 0 Å². The number of aryl methyl sites for hydroxylation is 1. The first-order valence-corrected chi connectivity index (χ1v) is 12.4. The van der Waals surface area contributed by atoms with E-state index in [1.54, 1.807) is 18.2 Å². The minimum Gasteiger partial charge on any atom is -0.486 e. The standard InChI is InChI=1S/C25H24N2O7S/c1-2-17-3-7-19(8-4-17)26-24(28)16-34-25(29)18-5-9-20(10-6-18)27-35(30,31)21-11-12-22-23(15-21)33-14-13-32-22/h3-12,15,27H,2,13-14,16H2,1H3,(H,26,28). The molecule has 0 radical (unpaired) electrons. The Kier molecular flexibility index (Phi) is 7.21. The molecule has 0 atom stereocenters. The van der Waals surface area contributed by atoms with E-state index >= 15 is 0 Å². The van der Waals surface area contributed by atoms with Gasteiger partial charge in [-0.25, -0.2) is 13.2 Å². The molecule has 0 fully saturated rings. The quantitative estimate of drug-likeness (QED) is 0.457. The SMILES string of the molecule is CCc1ccc(NC(=O)COC(=O)c2ccc(NS(=O)(=O)c3ccc4c(c3)OCCO4)cc2)cc1. The third kappa shape index (κ3) is 6.10. The molecule has 0 spiro atoms. The molecule has 0 saturated carbocycles. The average Bonchev–Trinajstić information content (AvgIpc) is 2.87. The Morgan fingerprint density at radius 1 is 0.886 bits per heavy atom. The Balaban J connectivity index is 1.32. The van der Waals surface area contributed by atoms with Gasteiger partial charge in [-0.05, 0) is 60.5 Å². The molecule has 4 rings (SSSR count). The lowest BCUT2D eigenvalue weighted by atomic mass is 10.1. The molecule has 0 aromatic heterocycles. The van der Waals surface area contributed by atoms with Crippen LogP contribution in [0.5, 0.6) is 11.5 Å². The number of carbonyl (C=O) groups is 2. The average molecular weight is 497 g/mol. The Bertz CT molecular complexity index is 1320. The summed E-state index contributed by atoms with van der Waals surface area (Å²) in [7, 11) is -3.89. The van der Waals surface area contributed by atoms with E-state index in [4.69, 9.17) is 14.2 Å². The maximum absolute atomic E-state index is 12.7. The summed E-state index contributed by atoms with van der Waals surface area (Å²) in [6.07, 6.45) is 0.893. The minimum atomic E-state index is -3.89. The maximum Gasteiger partial charge on any atom is 0.338 e. The zero-order chi connectivity index (χ0) is 24.8. The van der Waals surface area contributed by atoms with Crippen molar-refractivity contribution in [2.24, 2.45) is 0 Å². The van der Waals surface area contributed by atoms with Gasteiger partial charge in [0.2, 0.25) is 0 Å². The van der Waals surface area contributed by atoms with Gasteiger partial charge in [0.15, 0.2) is 18.1 Å². The fourth-order valence-electron chi connectivity index (χ4n) is 3.31. The Labute approximate surface area is 203 Å². The number of anilines is 2. The van der Waals surface area contributed by atoms with Crippen molar-refractivity contribution in [2.75, 3.05) is 29.9 Å². The Morgan fingerprint density at radius 2 is 1.54 bits per heavy atom. The van der Waals surface area contributed by atoms with Gasteiger partial charge in [-0.15, -0.1) is 0 Å². The van der Waals surface area contributed by atoms with Gasteiger partial charge in [-0.3, -0.25) is 9.52 Å². The van der Waals surface area contributed by atoms with E-state index in [0.29, 0.717) is 30.4 Å². The number of benzene rings is 3. The van der Waals surface area contributed by atoms with Crippen LogP contribution in [0.15, 0.2) is 71.6 Å². The lowest BCUT2D eigenvalue weighted by Gasteiger charge is -2.19. The zero-order valence-corrected chi connectivity index (χ0v) is 19.8. The van der Waals surface area contributed by atoms with E-state index in [2.05, 4.69) is 10.0 Å². The number of fused-ring (bicyclic) bond motifs is 1. The highest BCUT2D eigenvalue weighted by atomic mass is 32.2. The molecule has 2 N–H and O–H groups in total. The van der Waals surface area contributed by atoms with Crippen molar-refractivity contribution in [3.05, 3.63) is 77.9 Å². The maximum atomic E-state index is 12.7. The molecule has 1 amide bonds. The third-order valence-corrected chi connectivity index (χ3v) is 6.56. The van der Waals surface area contributed by atoms with Crippen LogP contribution in [-0.4, -0.2) is 40.1 Å². The van der Waals surface area contributed by atoms with Gasteiger partial charge in [-0.1, -0.05) is 19.1 Å². The minimum absolute atomic E-state index is 0.0144. The molecular formula is C25H24N2O7S. The van der Waals surface area contributed by atoms with Crippen molar-refractivity contribution < 1.29 is 32.2 Å². The lowest BCUT2D eigenvalue weighted by molar-refractivity contribution is -0.119. The number of ether oxygens (including phenoxy) is 3. The monoisotopic (exact) mass is 496 g/mol. The van der Waals surface area contributed by atoms with Crippen LogP contribution in [0.4, 0.5) is 11.4 Å². The van der Waals surface area contributed by atoms with Crippen LogP contribution >= 0.6 is 0 Å². The largest absolute Gasteiger partial charge is 0.486 e. The summed E-state index contributed by atoms with van der Waals surface area (Å²) in [5.74, 6) is -0.325.